The summed E-state index contributed by atoms with van der Waals surface area (Å²) in [5, 5.41) is 16.2. The van der Waals surface area contributed by atoms with E-state index in [9.17, 15) is 19.5 Å². The molecule has 4 aliphatic rings. The first-order valence-corrected chi connectivity index (χ1v) is 18.1. The summed E-state index contributed by atoms with van der Waals surface area (Å²) in [7, 11) is 0. The number of fused-ring (bicyclic) bond motifs is 5. The van der Waals surface area contributed by atoms with E-state index in [1.165, 1.54) is 9.75 Å². The highest BCUT2D eigenvalue weighted by molar-refractivity contribution is 7.12. The molecule has 8 atom stereocenters. The standard InChI is InChI=1S/C37H50FNO7S/c1-7-10-26-12-13-27(47-26)16-18-45-39-25-15-17-34(5)24(20-25)11-14-28-29-19-23(4)37(46-33(43)9-3,31(41)22-44-32(42)8-2)35(29,6)21-30(40)36(28,34)38/h12-13,15,17,20,23,28-30,40H,7-11,14,16,18-19,21-22H2,1-6H3/b39-25-/t23-,28-,29-,30-,34-,35-,36-,37?/m0/s1. The maximum Gasteiger partial charge on any atom is 0.306 e. The second-order valence-corrected chi connectivity index (χ2v) is 15.5. The number of esters is 2. The largest absolute Gasteiger partial charge is 0.457 e. The van der Waals surface area contributed by atoms with E-state index in [0.29, 0.717) is 31.6 Å². The van der Waals surface area contributed by atoms with E-state index >= 15 is 4.39 Å². The van der Waals surface area contributed by atoms with Gasteiger partial charge in [-0.05, 0) is 69.2 Å². The number of hydrogen-bond acceptors (Lipinski definition) is 9. The van der Waals surface area contributed by atoms with Gasteiger partial charge in [-0.1, -0.05) is 57.8 Å². The lowest BCUT2D eigenvalue weighted by atomic mass is 9.44. The topological polar surface area (TPSA) is 111 Å². The van der Waals surface area contributed by atoms with E-state index in [1.807, 2.05) is 32.9 Å². The van der Waals surface area contributed by atoms with Gasteiger partial charge in [0.1, 0.15) is 12.3 Å². The monoisotopic (exact) mass is 671 g/mol. The van der Waals surface area contributed by atoms with Crippen molar-refractivity contribution >= 4 is 34.8 Å². The number of rotatable bonds is 12. The van der Waals surface area contributed by atoms with Gasteiger partial charge in [0, 0.05) is 51.7 Å². The lowest BCUT2D eigenvalue weighted by Gasteiger charge is -2.62. The molecule has 258 valence electrons. The average molecular weight is 672 g/mol. The fourth-order valence-corrected chi connectivity index (χ4v) is 10.4. The number of carbonyl (C=O) groups is 3. The zero-order valence-corrected chi connectivity index (χ0v) is 29.4. The molecular weight excluding hydrogens is 621 g/mol. The summed E-state index contributed by atoms with van der Waals surface area (Å²) in [6, 6.07) is 4.31. The van der Waals surface area contributed by atoms with Crippen molar-refractivity contribution in [3.63, 3.8) is 0 Å². The van der Waals surface area contributed by atoms with Gasteiger partial charge in [-0.2, -0.15) is 0 Å². The van der Waals surface area contributed by atoms with Crippen molar-refractivity contribution in [2.75, 3.05) is 13.2 Å². The smallest absolute Gasteiger partial charge is 0.306 e. The van der Waals surface area contributed by atoms with Crippen LogP contribution in [0.3, 0.4) is 0 Å². The number of allylic oxidation sites excluding steroid dienone is 4. The van der Waals surface area contributed by atoms with Gasteiger partial charge in [0.2, 0.25) is 5.78 Å². The van der Waals surface area contributed by atoms with E-state index in [-0.39, 0.29) is 25.2 Å². The molecule has 0 spiro atoms. The lowest BCUT2D eigenvalue weighted by Crippen LogP contribution is -2.70. The lowest BCUT2D eigenvalue weighted by molar-refractivity contribution is -0.228. The van der Waals surface area contributed by atoms with Gasteiger partial charge in [0.25, 0.3) is 0 Å². The van der Waals surface area contributed by atoms with Gasteiger partial charge in [-0.15, -0.1) is 11.3 Å². The fourth-order valence-electron chi connectivity index (χ4n) is 9.28. The van der Waals surface area contributed by atoms with Crippen LogP contribution in [0.5, 0.6) is 0 Å². The third-order valence-electron chi connectivity index (χ3n) is 11.6. The van der Waals surface area contributed by atoms with Crippen molar-refractivity contribution in [3.05, 3.63) is 45.7 Å². The molecule has 0 radical (unpaired) electrons. The second-order valence-electron chi connectivity index (χ2n) is 14.2. The van der Waals surface area contributed by atoms with Gasteiger partial charge in [0.15, 0.2) is 17.9 Å². The minimum atomic E-state index is -2.03. The van der Waals surface area contributed by atoms with E-state index in [1.54, 1.807) is 31.3 Å². The molecule has 1 aromatic heterocycles. The molecule has 0 aromatic carbocycles. The SMILES string of the molecule is CCCc1ccc(CCO/N=C2/C=C[C@@]3(C)C(=C2)CC[C@H]2[C@@H]4C[C@H](C)C(OC(=O)CC)(C(=O)COC(=O)CC)[C@@]4(C)C[C@H](O)[C@@]23F)s1. The van der Waals surface area contributed by atoms with Gasteiger partial charge in [0.05, 0.1) is 6.10 Å². The van der Waals surface area contributed by atoms with E-state index in [4.69, 9.17) is 14.3 Å². The highest BCUT2D eigenvalue weighted by atomic mass is 32.1. The number of thiophene rings is 1. The van der Waals surface area contributed by atoms with Crippen LogP contribution in [0, 0.1) is 28.6 Å². The molecule has 4 aliphatic carbocycles. The summed E-state index contributed by atoms with van der Waals surface area (Å²) in [6.07, 6.45) is 8.55. The Bertz CT molecular complexity index is 1470. The quantitative estimate of drug-likeness (QED) is 0.147. The maximum atomic E-state index is 18.0. The molecule has 10 heteroatoms. The molecule has 0 saturated heterocycles. The van der Waals surface area contributed by atoms with E-state index in [2.05, 4.69) is 24.2 Å². The normalized spacial score (nSPS) is 36.6. The van der Waals surface area contributed by atoms with Crippen molar-refractivity contribution in [1.82, 2.24) is 0 Å². The minimum Gasteiger partial charge on any atom is -0.457 e. The van der Waals surface area contributed by atoms with Gasteiger partial charge >= 0.3 is 11.9 Å². The number of aliphatic hydroxyl groups is 1. The number of nitrogens with zero attached hydrogens (tertiary/aromatic N) is 1. The Balaban J connectivity index is 1.38. The summed E-state index contributed by atoms with van der Waals surface area (Å²) in [4.78, 5) is 47.2. The van der Waals surface area contributed by atoms with Crippen LogP contribution in [0.2, 0.25) is 0 Å². The first-order valence-electron chi connectivity index (χ1n) is 17.3. The van der Waals surface area contributed by atoms with E-state index < -0.39 is 64.4 Å². The zero-order chi connectivity index (χ0) is 34.2. The third kappa shape index (κ3) is 5.81. The molecule has 47 heavy (non-hydrogen) atoms. The minimum absolute atomic E-state index is 0.0504. The number of oxime groups is 1. The number of halogens is 1. The van der Waals surface area contributed by atoms with Crippen LogP contribution in [0.4, 0.5) is 4.39 Å². The number of ether oxygens (including phenoxy) is 2. The predicted octanol–water partition coefficient (Wildman–Crippen LogP) is 6.88. The summed E-state index contributed by atoms with van der Waals surface area (Å²) < 4.78 is 29.3. The van der Waals surface area contributed by atoms with Crippen molar-refractivity contribution in [3.8, 4) is 0 Å². The van der Waals surface area contributed by atoms with E-state index in [0.717, 1.165) is 24.8 Å². The Kier molecular flexibility index (Phi) is 10.2. The molecule has 1 unspecified atom stereocenters. The number of hydrogen-bond donors (Lipinski definition) is 1. The van der Waals surface area contributed by atoms with Crippen LogP contribution in [0.25, 0.3) is 0 Å². The molecule has 3 saturated carbocycles. The summed E-state index contributed by atoms with van der Waals surface area (Å²) in [6.45, 7) is 10.9. The highest BCUT2D eigenvalue weighted by Crippen LogP contribution is 2.71. The number of alkyl halides is 1. The van der Waals surface area contributed by atoms with Crippen LogP contribution in [-0.4, -0.2) is 59.1 Å². The van der Waals surface area contributed by atoms with Gasteiger partial charge in [-0.3, -0.25) is 14.4 Å². The molecule has 3 fully saturated rings. The number of carbonyl (C=O) groups excluding carboxylic acids is 3. The molecule has 0 aliphatic heterocycles. The zero-order valence-electron chi connectivity index (χ0n) is 28.6. The first kappa shape index (κ1) is 35.5. The molecule has 0 amide bonds. The Morgan fingerprint density at radius 2 is 1.77 bits per heavy atom. The number of ketones is 1. The van der Waals surface area contributed by atoms with Crippen molar-refractivity contribution in [1.29, 1.82) is 0 Å². The Morgan fingerprint density at radius 1 is 1.06 bits per heavy atom. The summed E-state index contributed by atoms with van der Waals surface area (Å²) >= 11 is 1.80. The molecule has 0 bridgehead atoms. The predicted molar refractivity (Wildman–Crippen MR) is 179 cm³/mol. The van der Waals surface area contributed by atoms with Crippen LogP contribution >= 0.6 is 11.3 Å². The molecule has 1 aromatic rings. The second kappa shape index (κ2) is 13.6. The Labute approximate surface area is 281 Å². The van der Waals surface area contributed by atoms with Crippen LogP contribution < -0.4 is 0 Å². The van der Waals surface area contributed by atoms with Crippen LogP contribution in [0.1, 0.15) is 96.2 Å². The maximum absolute atomic E-state index is 18.0. The molecule has 1 heterocycles. The number of aliphatic hydroxyl groups excluding tert-OH is 1. The Morgan fingerprint density at radius 3 is 2.45 bits per heavy atom. The van der Waals surface area contributed by atoms with Gasteiger partial charge in [-0.25, -0.2) is 4.39 Å². The highest BCUT2D eigenvalue weighted by Gasteiger charge is 2.77. The van der Waals surface area contributed by atoms with Crippen LogP contribution in [-0.2, 0) is 41.5 Å². The van der Waals surface area contributed by atoms with Crippen molar-refractivity contribution < 1.29 is 38.2 Å². The van der Waals surface area contributed by atoms with Crippen molar-refractivity contribution in [2.24, 2.45) is 33.7 Å². The number of aryl methyl sites for hydroxylation is 1. The molecule has 5 rings (SSSR count). The average Bonchev–Trinajstić information content (AvgIpc) is 3.58. The molecule has 1 N–H and O–H groups in total. The number of Topliss-reactive ketones (excluding diaryl/α,β-unsaturated/α-hetero) is 1. The summed E-state index contributed by atoms with van der Waals surface area (Å²) in [5.74, 6) is -3.03. The molecular formula is C37H50FNO7S. The third-order valence-corrected chi connectivity index (χ3v) is 12.9. The van der Waals surface area contributed by atoms with Crippen LogP contribution in [0.15, 0.2) is 41.1 Å². The Hall–Kier alpha value is -2.85. The molecule has 8 nitrogen and oxygen atoms in total. The van der Waals surface area contributed by atoms with Gasteiger partial charge < -0.3 is 19.4 Å². The fraction of sp³-hybridized carbons (Fsp3) is 0.676. The van der Waals surface area contributed by atoms with Crippen molar-refractivity contribution in [2.45, 2.75) is 117 Å². The summed E-state index contributed by atoms with van der Waals surface area (Å²) in [5.41, 5.74) is -4.39. The first-order chi connectivity index (χ1) is 22.3.